The van der Waals surface area contributed by atoms with Gasteiger partial charge in [0.15, 0.2) is 0 Å². The Kier molecular flexibility index (Phi) is 9.08. The number of allylic oxidation sites excluding steroid dienone is 3. The third-order valence-electron chi connectivity index (χ3n) is 9.23. The maximum atomic E-state index is 12.8. The quantitative estimate of drug-likeness (QED) is 0.157. The van der Waals surface area contributed by atoms with E-state index in [2.05, 4.69) is 42.6 Å². The Labute approximate surface area is 262 Å². The second-order valence-corrected chi connectivity index (χ2v) is 11.9. The van der Waals surface area contributed by atoms with Crippen LogP contribution >= 0.6 is 0 Å². The molecule has 5 rings (SSSR count). The minimum Gasteiger partial charge on any atom is -0.481 e. The number of carboxylic acids is 2. The first kappa shape index (κ1) is 31.9. The van der Waals surface area contributed by atoms with E-state index in [9.17, 15) is 19.8 Å². The minimum atomic E-state index is -1.13. The number of aromatic nitrogens is 4. The van der Waals surface area contributed by atoms with Gasteiger partial charge in [-0.2, -0.15) is 0 Å². The molecule has 3 aromatic heterocycles. The van der Waals surface area contributed by atoms with E-state index in [1.54, 1.807) is 6.92 Å². The third-order valence-corrected chi connectivity index (χ3v) is 9.23. The summed E-state index contributed by atoms with van der Waals surface area (Å²) >= 11 is 0. The number of aryl methyl sites for hydroxylation is 3. The summed E-state index contributed by atoms with van der Waals surface area (Å²) < 4.78 is 0. The molecule has 0 saturated heterocycles. The molecular formula is C35H42N6O4. The smallest absolute Gasteiger partial charge is 0.338 e. The van der Waals surface area contributed by atoms with E-state index < -0.39 is 11.9 Å². The molecule has 10 nitrogen and oxygen atoms in total. The summed E-state index contributed by atoms with van der Waals surface area (Å²) in [7, 11) is 0. The minimum absolute atomic E-state index is 0.0520. The van der Waals surface area contributed by atoms with Gasteiger partial charge < -0.3 is 31.2 Å². The number of carboxylic acid groups (broad SMARTS) is 2. The highest BCUT2D eigenvalue weighted by molar-refractivity contribution is 6.02. The van der Waals surface area contributed by atoms with Crippen LogP contribution in [0.1, 0.15) is 94.4 Å². The number of carbonyl (C=O) groups is 2. The van der Waals surface area contributed by atoms with E-state index in [0.29, 0.717) is 48.4 Å². The fraction of sp³-hybridized carbons (Fsp3) is 0.371. The van der Waals surface area contributed by atoms with Gasteiger partial charge >= 0.3 is 11.9 Å². The summed E-state index contributed by atoms with van der Waals surface area (Å²) in [5, 5.41) is 23.9. The Morgan fingerprint density at radius 2 is 1.73 bits per heavy atom. The van der Waals surface area contributed by atoms with Crippen LogP contribution in [0, 0.1) is 13.8 Å². The van der Waals surface area contributed by atoms with Gasteiger partial charge in [0.05, 0.1) is 34.6 Å². The number of nitrogens with two attached hydrogens (primary N) is 1. The molecule has 5 heterocycles. The predicted octanol–water partition coefficient (Wildman–Crippen LogP) is 5.76. The molecule has 2 aliphatic rings. The lowest BCUT2D eigenvalue weighted by Gasteiger charge is -2.18. The molecule has 0 aromatic carbocycles. The normalized spacial score (nSPS) is 16.3. The first-order chi connectivity index (χ1) is 21.5. The van der Waals surface area contributed by atoms with Gasteiger partial charge in [-0.15, -0.1) is 0 Å². The molecule has 0 fully saturated rings. The van der Waals surface area contributed by atoms with Gasteiger partial charge in [-0.05, 0) is 80.6 Å². The van der Waals surface area contributed by atoms with Crippen LogP contribution in [-0.2, 0) is 17.6 Å². The molecule has 45 heavy (non-hydrogen) atoms. The van der Waals surface area contributed by atoms with Gasteiger partial charge in [-0.1, -0.05) is 26.5 Å². The molecule has 0 saturated carbocycles. The summed E-state index contributed by atoms with van der Waals surface area (Å²) in [4.78, 5) is 42.1. The van der Waals surface area contributed by atoms with E-state index in [4.69, 9.17) is 15.7 Å². The molecule has 0 radical (unpaired) electrons. The predicted molar refractivity (Wildman–Crippen MR) is 179 cm³/mol. The number of aromatic amines is 2. The zero-order valence-electron chi connectivity index (χ0n) is 26.6. The van der Waals surface area contributed by atoms with Crippen molar-refractivity contribution in [2.45, 2.75) is 65.7 Å². The first-order valence-electron chi connectivity index (χ1n) is 15.5. The number of H-pyrrole nitrogens is 2. The highest BCUT2D eigenvalue weighted by Gasteiger charge is 2.33. The third kappa shape index (κ3) is 5.83. The van der Waals surface area contributed by atoms with Crippen LogP contribution in [0.15, 0.2) is 30.9 Å². The Bertz CT molecular complexity index is 1900. The van der Waals surface area contributed by atoms with Crippen LogP contribution in [0.3, 0.4) is 0 Å². The van der Waals surface area contributed by atoms with E-state index >= 15 is 0 Å². The summed E-state index contributed by atoms with van der Waals surface area (Å²) in [6.07, 6.45) is 2.86. The highest BCUT2D eigenvalue weighted by Crippen LogP contribution is 2.42. The number of nitrogens with one attached hydrogen (secondary N) is 3. The van der Waals surface area contributed by atoms with Crippen LogP contribution in [0.4, 0.5) is 0 Å². The second-order valence-electron chi connectivity index (χ2n) is 11.9. The van der Waals surface area contributed by atoms with Crippen molar-refractivity contribution in [3.05, 3.63) is 81.4 Å². The summed E-state index contributed by atoms with van der Waals surface area (Å²) in [6, 6.07) is 5.93. The van der Waals surface area contributed by atoms with Crippen LogP contribution in [-0.4, -0.2) is 61.7 Å². The van der Waals surface area contributed by atoms with Crippen LogP contribution in [0.2, 0.25) is 0 Å². The number of hydrogen-bond acceptors (Lipinski definition) is 6. The molecule has 236 valence electrons. The molecule has 0 unspecified atom stereocenters. The molecule has 0 aliphatic carbocycles. The van der Waals surface area contributed by atoms with E-state index in [1.165, 1.54) is 0 Å². The van der Waals surface area contributed by atoms with E-state index in [1.807, 2.05) is 31.2 Å². The van der Waals surface area contributed by atoms with Crippen molar-refractivity contribution >= 4 is 45.2 Å². The topological polar surface area (TPSA) is 170 Å². The van der Waals surface area contributed by atoms with Gasteiger partial charge in [-0.25, -0.2) is 9.78 Å². The number of aromatic carboxylic acids is 1. The molecule has 7 N–H and O–H groups in total. The standard InChI is InChI=1S/C35H42N6O4/c1-7-21-17(3)25-14-27-19(5)23(9-11-37-12-10-36)33(40-27)24(13-31(42)43)34-32(35(44)45)20(6)28(41-34)16-30-22(8-2)18(4)26(39-30)15-29(21)38-25/h7,14-16,19,23,37,39,41H,1,8-13,36H2,2-6H3,(H,42,43)(H,44,45)/t19-,23-/m0/s1. The summed E-state index contributed by atoms with van der Waals surface area (Å²) in [6.45, 7) is 15.9. The monoisotopic (exact) mass is 610 g/mol. The fourth-order valence-electron chi connectivity index (χ4n) is 6.74. The molecule has 3 aromatic rings. The van der Waals surface area contributed by atoms with Crippen LogP contribution in [0.25, 0.3) is 33.2 Å². The van der Waals surface area contributed by atoms with Crippen molar-refractivity contribution in [1.29, 1.82) is 0 Å². The largest absolute Gasteiger partial charge is 0.481 e. The van der Waals surface area contributed by atoms with Crippen LogP contribution in [0.5, 0.6) is 0 Å². The van der Waals surface area contributed by atoms with Crippen molar-refractivity contribution in [3.63, 3.8) is 0 Å². The van der Waals surface area contributed by atoms with Crippen molar-refractivity contribution in [3.8, 4) is 0 Å². The maximum Gasteiger partial charge on any atom is 0.338 e. The number of fused-ring (bicyclic) bond motifs is 8. The Hall–Kier alpha value is -4.54. The van der Waals surface area contributed by atoms with Gasteiger partial charge in [0.1, 0.15) is 0 Å². The van der Waals surface area contributed by atoms with Gasteiger partial charge in [0, 0.05) is 58.3 Å². The number of rotatable bonds is 10. The Morgan fingerprint density at radius 3 is 2.38 bits per heavy atom. The zero-order valence-corrected chi connectivity index (χ0v) is 26.6. The lowest BCUT2D eigenvalue weighted by atomic mass is 9.85. The molecule has 10 heteroatoms. The molecule has 0 spiro atoms. The van der Waals surface area contributed by atoms with Gasteiger partial charge in [0.25, 0.3) is 0 Å². The SMILES string of the molecule is C=CC1=C(C)c2cc3nc(c(CC(=O)O)c4[nH]c(cc5[nH]c(cc1n2)c(C)c5CC)c(C)c4C(=O)O)[C@@H](CCNCCN)[C@@H]3C. The van der Waals surface area contributed by atoms with Crippen molar-refractivity contribution in [2.75, 3.05) is 19.6 Å². The van der Waals surface area contributed by atoms with Crippen molar-refractivity contribution in [2.24, 2.45) is 5.73 Å². The van der Waals surface area contributed by atoms with Gasteiger partial charge in [-0.3, -0.25) is 9.78 Å². The van der Waals surface area contributed by atoms with Crippen molar-refractivity contribution in [1.82, 2.24) is 25.3 Å². The number of nitrogens with zero attached hydrogens (tertiary/aromatic N) is 2. The molecule has 2 aliphatic heterocycles. The molecular weight excluding hydrogens is 568 g/mol. The molecule has 2 atom stereocenters. The Balaban J connectivity index is 1.99. The lowest BCUT2D eigenvalue weighted by molar-refractivity contribution is -0.136. The highest BCUT2D eigenvalue weighted by atomic mass is 16.4. The van der Waals surface area contributed by atoms with Crippen molar-refractivity contribution < 1.29 is 19.8 Å². The number of hydrogen-bond donors (Lipinski definition) is 6. The lowest BCUT2D eigenvalue weighted by Crippen LogP contribution is -2.25. The number of aliphatic carboxylic acids is 1. The fourth-order valence-corrected chi connectivity index (χ4v) is 6.74. The molecule has 8 bridgehead atoms. The van der Waals surface area contributed by atoms with E-state index in [0.717, 1.165) is 56.8 Å². The zero-order chi connectivity index (χ0) is 32.6. The summed E-state index contributed by atoms with van der Waals surface area (Å²) in [5.41, 5.74) is 16.3. The van der Waals surface area contributed by atoms with Gasteiger partial charge in [0.2, 0.25) is 0 Å². The second kappa shape index (κ2) is 12.8. The molecule has 0 amide bonds. The maximum absolute atomic E-state index is 12.8. The first-order valence-corrected chi connectivity index (χ1v) is 15.5. The van der Waals surface area contributed by atoms with E-state index in [-0.39, 0.29) is 29.3 Å². The average molecular weight is 611 g/mol. The Morgan fingerprint density at radius 1 is 1.00 bits per heavy atom. The summed E-state index contributed by atoms with van der Waals surface area (Å²) in [5.74, 6) is -2.44. The van der Waals surface area contributed by atoms with Crippen LogP contribution < -0.4 is 11.1 Å². The average Bonchev–Trinajstić information content (AvgIpc) is 3.67.